The molecule has 160 valence electrons. The first-order valence-corrected chi connectivity index (χ1v) is 9.75. The van der Waals surface area contributed by atoms with Crippen LogP contribution < -0.4 is 26.8 Å². The van der Waals surface area contributed by atoms with Gasteiger partial charge in [0.05, 0.1) is 17.3 Å². The predicted molar refractivity (Wildman–Crippen MR) is 121 cm³/mol. The van der Waals surface area contributed by atoms with E-state index >= 15 is 0 Å². The fourth-order valence-electron chi connectivity index (χ4n) is 3.51. The lowest BCUT2D eigenvalue weighted by atomic mass is 9.95. The molecule has 0 spiro atoms. The van der Waals surface area contributed by atoms with Gasteiger partial charge in [-0.25, -0.2) is 9.98 Å². The van der Waals surface area contributed by atoms with Gasteiger partial charge < -0.3 is 21.5 Å². The van der Waals surface area contributed by atoms with Gasteiger partial charge in [0, 0.05) is 11.1 Å². The van der Waals surface area contributed by atoms with Gasteiger partial charge in [0.25, 0.3) is 0 Å². The van der Waals surface area contributed by atoms with Crippen LogP contribution >= 0.6 is 0 Å². The number of nitrogens with zero attached hydrogens (tertiary/aromatic N) is 5. The van der Waals surface area contributed by atoms with Crippen molar-refractivity contribution in [3.8, 4) is 24.1 Å². The Hall–Kier alpha value is -5.27. The van der Waals surface area contributed by atoms with Crippen molar-refractivity contribution >= 4 is 23.3 Å². The maximum Gasteiger partial charge on any atom is 0.211 e. The van der Waals surface area contributed by atoms with Crippen molar-refractivity contribution in [2.24, 2.45) is 4.99 Å². The smallest absolute Gasteiger partial charge is 0.211 e. The van der Waals surface area contributed by atoms with E-state index in [4.69, 9.17) is 21.5 Å². The number of benzene rings is 2. The van der Waals surface area contributed by atoms with Gasteiger partial charge in [-0.2, -0.15) is 15.8 Å². The molecule has 0 radical (unpaired) electrons. The number of nitrogen functional groups attached to an aromatic ring is 2. The molecule has 10 nitrogen and oxygen atoms in total. The van der Waals surface area contributed by atoms with Crippen LogP contribution in [-0.4, -0.2) is 10.9 Å². The van der Waals surface area contributed by atoms with Crippen molar-refractivity contribution in [1.29, 1.82) is 15.8 Å². The molecule has 1 atom stereocenters. The molecule has 2 heterocycles. The van der Waals surface area contributed by atoms with Crippen molar-refractivity contribution in [3.63, 3.8) is 0 Å². The number of rotatable bonds is 4. The van der Waals surface area contributed by atoms with Crippen molar-refractivity contribution in [2.45, 2.75) is 12.6 Å². The zero-order valence-corrected chi connectivity index (χ0v) is 17.2. The monoisotopic (exact) mass is 435 g/mol. The van der Waals surface area contributed by atoms with E-state index in [9.17, 15) is 10.5 Å². The summed E-state index contributed by atoms with van der Waals surface area (Å²) in [5, 5.41) is 33.1. The van der Waals surface area contributed by atoms with E-state index in [-0.39, 0.29) is 29.6 Å². The van der Waals surface area contributed by atoms with Gasteiger partial charge in [-0.1, -0.05) is 30.3 Å². The summed E-state index contributed by atoms with van der Waals surface area (Å²) in [5.74, 6) is 0.996. The van der Waals surface area contributed by atoms with Gasteiger partial charge in [0.2, 0.25) is 5.96 Å². The molecule has 0 aliphatic carbocycles. The molecule has 0 saturated heterocycles. The Kier molecular flexibility index (Phi) is 5.62. The number of guanidine groups is 1. The van der Waals surface area contributed by atoms with Crippen LogP contribution in [0, 0.1) is 34.1 Å². The van der Waals surface area contributed by atoms with Crippen LogP contribution in [0.25, 0.3) is 0 Å². The number of nitriles is 3. The lowest BCUT2D eigenvalue weighted by Gasteiger charge is -2.26. The van der Waals surface area contributed by atoms with Crippen LogP contribution in [0.5, 0.6) is 5.75 Å². The van der Waals surface area contributed by atoms with Crippen LogP contribution in [0.1, 0.15) is 33.9 Å². The van der Waals surface area contributed by atoms with Crippen LogP contribution in [0.3, 0.4) is 0 Å². The summed E-state index contributed by atoms with van der Waals surface area (Å²) in [6.07, 6.45) is 1.82. The highest BCUT2D eigenvalue weighted by atomic mass is 16.5. The third kappa shape index (κ3) is 4.02. The summed E-state index contributed by atoms with van der Waals surface area (Å²) in [7, 11) is 0. The van der Waals surface area contributed by atoms with E-state index in [1.54, 1.807) is 30.3 Å². The highest BCUT2D eigenvalue weighted by Crippen LogP contribution is 2.41. The maximum atomic E-state index is 9.45. The Morgan fingerprint density at radius 1 is 1.06 bits per heavy atom. The molecule has 3 aromatic rings. The fraction of sp³-hybridized carbons (Fsp3) is 0.0870. The molecule has 6 N–H and O–H groups in total. The molecule has 1 aromatic heterocycles. The van der Waals surface area contributed by atoms with Crippen molar-refractivity contribution in [1.82, 2.24) is 10.3 Å². The van der Waals surface area contributed by atoms with Crippen LogP contribution in [0.2, 0.25) is 0 Å². The first-order valence-electron chi connectivity index (χ1n) is 9.75. The Labute approximate surface area is 189 Å². The van der Waals surface area contributed by atoms with Gasteiger partial charge in [0.1, 0.15) is 41.7 Å². The van der Waals surface area contributed by atoms with Crippen molar-refractivity contribution in [3.05, 3.63) is 76.3 Å². The quantitative estimate of drug-likeness (QED) is 0.353. The molecule has 0 amide bonds. The lowest BCUT2D eigenvalue weighted by molar-refractivity contribution is 0.305. The van der Waals surface area contributed by atoms with E-state index in [0.717, 1.165) is 5.56 Å². The zero-order valence-electron chi connectivity index (χ0n) is 17.2. The largest absolute Gasteiger partial charge is 0.489 e. The number of hydrogen-bond acceptors (Lipinski definition) is 10. The molecule has 0 bridgehead atoms. The van der Waals surface area contributed by atoms with Gasteiger partial charge in [-0.15, -0.1) is 0 Å². The molecular formula is C23H17N9O. The number of fused-ring (bicyclic) bond motifs is 1. The average Bonchev–Trinajstić information content (AvgIpc) is 2.83. The standard InChI is InChI=1S/C23H17N9O/c24-9-14-4-1-2-5-15(14)11-33-16-7-3-6-13(8-16)20-18-19(27)17(10-25)21(28)31-22(18)32-23(30-20)29-12-26/h1-8,20H,11H2,(H6,27,28,29,30,31,32). The summed E-state index contributed by atoms with van der Waals surface area (Å²) < 4.78 is 5.92. The van der Waals surface area contributed by atoms with E-state index < -0.39 is 6.04 Å². The van der Waals surface area contributed by atoms with Crippen LogP contribution in [0.4, 0.5) is 17.3 Å². The number of aliphatic imine (C=N–C) groups is 1. The average molecular weight is 435 g/mol. The Morgan fingerprint density at radius 3 is 2.64 bits per heavy atom. The Balaban J connectivity index is 1.72. The normalized spacial score (nSPS) is 13.8. The third-order valence-corrected chi connectivity index (χ3v) is 5.06. The Bertz CT molecular complexity index is 1390. The molecule has 1 aliphatic rings. The second-order valence-corrected chi connectivity index (χ2v) is 7.03. The number of anilines is 3. The number of pyridine rings is 1. The van der Waals surface area contributed by atoms with E-state index in [0.29, 0.717) is 28.3 Å². The molecule has 4 rings (SSSR count). The van der Waals surface area contributed by atoms with Gasteiger partial charge in [-0.05, 0) is 23.8 Å². The first-order chi connectivity index (χ1) is 16.0. The molecule has 33 heavy (non-hydrogen) atoms. The van der Waals surface area contributed by atoms with Gasteiger partial charge >= 0.3 is 0 Å². The third-order valence-electron chi connectivity index (χ3n) is 5.06. The lowest BCUT2D eigenvalue weighted by Crippen LogP contribution is -2.32. The number of ether oxygens (including phenoxy) is 1. The molecule has 0 fully saturated rings. The molecular weight excluding hydrogens is 418 g/mol. The highest BCUT2D eigenvalue weighted by molar-refractivity contribution is 5.98. The maximum absolute atomic E-state index is 9.45. The molecule has 0 saturated carbocycles. The van der Waals surface area contributed by atoms with E-state index in [1.807, 2.05) is 30.5 Å². The highest BCUT2D eigenvalue weighted by Gasteiger charge is 2.29. The summed E-state index contributed by atoms with van der Waals surface area (Å²) in [5.41, 5.74) is 14.8. The first kappa shape index (κ1) is 21.0. The number of aromatic nitrogens is 1. The summed E-state index contributed by atoms with van der Waals surface area (Å²) in [6.45, 7) is 0.208. The minimum atomic E-state index is -0.674. The van der Waals surface area contributed by atoms with E-state index in [2.05, 4.69) is 26.7 Å². The van der Waals surface area contributed by atoms with Crippen LogP contribution in [-0.2, 0) is 6.61 Å². The summed E-state index contributed by atoms with van der Waals surface area (Å²) in [6, 6.07) is 17.8. The SMILES string of the molecule is N#CNC1=NC(c2cccc(OCc3ccccc3C#N)c2)c2c(nc(N)c(C#N)c2N)N1. The number of hydrogen-bond donors (Lipinski definition) is 4. The minimum absolute atomic E-state index is 0.0218. The minimum Gasteiger partial charge on any atom is -0.489 e. The van der Waals surface area contributed by atoms with Crippen LogP contribution in [0.15, 0.2) is 53.5 Å². The van der Waals surface area contributed by atoms with E-state index in [1.165, 1.54) is 0 Å². The van der Waals surface area contributed by atoms with Gasteiger partial charge in [-0.3, -0.25) is 5.32 Å². The molecule has 10 heteroatoms. The molecule has 2 aromatic carbocycles. The van der Waals surface area contributed by atoms with Crippen molar-refractivity contribution in [2.75, 3.05) is 16.8 Å². The van der Waals surface area contributed by atoms with Gasteiger partial charge in [0.15, 0.2) is 6.19 Å². The number of nitrogens with one attached hydrogen (secondary N) is 2. The summed E-state index contributed by atoms with van der Waals surface area (Å²) in [4.78, 5) is 8.78. The Morgan fingerprint density at radius 2 is 1.88 bits per heavy atom. The fourth-order valence-corrected chi connectivity index (χ4v) is 3.51. The molecule has 1 aliphatic heterocycles. The zero-order chi connectivity index (χ0) is 23.4. The predicted octanol–water partition coefficient (Wildman–Crippen LogP) is 2.51. The second kappa shape index (κ2) is 8.84. The topological polar surface area (TPSA) is 182 Å². The summed E-state index contributed by atoms with van der Waals surface area (Å²) >= 11 is 0. The second-order valence-electron chi connectivity index (χ2n) is 7.03. The molecule has 1 unspecified atom stereocenters. The van der Waals surface area contributed by atoms with Crippen molar-refractivity contribution < 1.29 is 4.74 Å². The number of nitrogens with two attached hydrogens (primary N) is 2.